The van der Waals surface area contributed by atoms with E-state index in [1.165, 1.54) is 48.1 Å². The molecule has 0 aromatic heterocycles. The van der Waals surface area contributed by atoms with Crippen molar-refractivity contribution in [3.05, 3.63) is 138 Å². The molecule has 3 aliphatic rings. The van der Waals surface area contributed by atoms with Crippen LogP contribution < -0.4 is 10.1 Å². The zero-order valence-electron chi connectivity index (χ0n) is 23.0. The third-order valence-electron chi connectivity index (χ3n) is 9.05. The van der Waals surface area contributed by atoms with Crippen LogP contribution in [-0.2, 0) is 13.0 Å². The van der Waals surface area contributed by atoms with E-state index in [2.05, 4.69) is 125 Å². The quantitative estimate of drug-likeness (QED) is 0.244. The molecule has 7 rings (SSSR count). The largest absolute Gasteiger partial charge is 0.496 e. The van der Waals surface area contributed by atoms with Gasteiger partial charge in [0.2, 0.25) is 0 Å². The topological polar surface area (TPSA) is 24.5 Å². The maximum absolute atomic E-state index is 5.70. The standard InChI is InChI=1S/C36H40N2O/c1-39-33-20-12-11-19-31(33)26-37-35-30-23-24-38(32(25-30)22-21-27-13-5-2-6-14-27)36(35)34(28-15-7-3-8-16-28)29-17-9-4-10-18-29/h2-20,30,32,34-37H,21-26H2,1H3/t30?,32-,35?,36?/m1/s1. The summed E-state index contributed by atoms with van der Waals surface area (Å²) in [6, 6.07) is 43.2. The van der Waals surface area contributed by atoms with E-state index in [0.29, 0.717) is 30.0 Å². The molecule has 39 heavy (non-hydrogen) atoms. The molecule has 3 aliphatic heterocycles. The van der Waals surface area contributed by atoms with E-state index in [4.69, 9.17) is 4.74 Å². The number of piperidine rings is 3. The van der Waals surface area contributed by atoms with Crippen molar-refractivity contribution >= 4 is 0 Å². The van der Waals surface area contributed by atoms with Gasteiger partial charge in [0.1, 0.15) is 5.75 Å². The first kappa shape index (κ1) is 25.9. The van der Waals surface area contributed by atoms with E-state index < -0.39 is 0 Å². The molecular formula is C36H40N2O. The lowest BCUT2D eigenvalue weighted by atomic mass is 9.67. The number of fused-ring (bicyclic) bond motifs is 3. The predicted molar refractivity (Wildman–Crippen MR) is 160 cm³/mol. The summed E-state index contributed by atoms with van der Waals surface area (Å²) < 4.78 is 5.70. The Labute approximate surface area is 233 Å². The molecule has 3 heterocycles. The van der Waals surface area contributed by atoms with Crippen molar-refractivity contribution in [3.63, 3.8) is 0 Å². The monoisotopic (exact) mass is 516 g/mol. The number of methoxy groups -OCH3 is 1. The van der Waals surface area contributed by atoms with Gasteiger partial charge in [-0.3, -0.25) is 4.90 Å². The molecule has 4 aromatic carbocycles. The highest BCUT2D eigenvalue weighted by molar-refractivity contribution is 5.37. The fourth-order valence-electron chi connectivity index (χ4n) is 7.24. The lowest BCUT2D eigenvalue weighted by Gasteiger charge is -2.58. The van der Waals surface area contributed by atoms with Crippen molar-refractivity contribution in [3.8, 4) is 5.75 Å². The van der Waals surface area contributed by atoms with Gasteiger partial charge in [0.25, 0.3) is 0 Å². The second-order valence-corrected chi connectivity index (χ2v) is 11.2. The fraction of sp³-hybridized carbons (Fsp3) is 0.333. The van der Waals surface area contributed by atoms with Gasteiger partial charge in [0, 0.05) is 36.2 Å². The van der Waals surface area contributed by atoms with Crippen LogP contribution in [0.3, 0.4) is 0 Å². The number of hydrogen-bond acceptors (Lipinski definition) is 3. The number of aryl methyl sites for hydroxylation is 1. The molecule has 0 amide bonds. The van der Waals surface area contributed by atoms with Crippen LogP contribution in [0.25, 0.3) is 0 Å². The highest BCUT2D eigenvalue weighted by Gasteiger charge is 2.49. The second-order valence-electron chi connectivity index (χ2n) is 11.2. The van der Waals surface area contributed by atoms with Gasteiger partial charge in [0.05, 0.1) is 7.11 Å². The number of rotatable bonds is 10. The van der Waals surface area contributed by atoms with Crippen molar-refractivity contribution in [2.45, 2.75) is 56.3 Å². The molecule has 3 saturated heterocycles. The van der Waals surface area contributed by atoms with Crippen LogP contribution in [0.5, 0.6) is 5.75 Å². The minimum absolute atomic E-state index is 0.310. The second kappa shape index (κ2) is 12.2. The summed E-state index contributed by atoms with van der Waals surface area (Å²) in [5, 5.41) is 4.09. The van der Waals surface area contributed by atoms with Gasteiger partial charge in [-0.2, -0.15) is 0 Å². The van der Waals surface area contributed by atoms with Gasteiger partial charge in [-0.15, -0.1) is 0 Å². The van der Waals surface area contributed by atoms with Crippen molar-refractivity contribution in [1.82, 2.24) is 10.2 Å². The summed E-state index contributed by atoms with van der Waals surface area (Å²) in [6.07, 6.45) is 4.89. The third kappa shape index (κ3) is 5.66. The maximum atomic E-state index is 5.70. The number of ether oxygens (including phenoxy) is 1. The van der Waals surface area contributed by atoms with Crippen LogP contribution in [-0.4, -0.2) is 36.7 Å². The number of benzene rings is 4. The van der Waals surface area contributed by atoms with Crippen LogP contribution in [0.15, 0.2) is 115 Å². The van der Waals surface area contributed by atoms with Crippen molar-refractivity contribution in [1.29, 1.82) is 0 Å². The fourth-order valence-corrected chi connectivity index (χ4v) is 7.24. The molecule has 5 atom stereocenters. The van der Waals surface area contributed by atoms with Gasteiger partial charge >= 0.3 is 0 Å². The Hall–Kier alpha value is -3.40. The van der Waals surface area contributed by atoms with Gasteiger partial charge in [-0.25, -0.2) is 0 Å². The first-order valence-corrected chi connectivity index (χ1v) is 14.6. The first-order valence-electron chi connectivity index (χ1n) is 14.6. The highest BCUT2D eigenvalue weighted by atomic mass is 16.5. The smallest absolute Gasteiger partial charge is 0.123 e. The molecule has 2 bridgehead atoms. The summed E-state index contributed by atoms with van der Waals surface area (Å²) in [5.41, 5.74) is 5.50. The highest BCUT2D eigenvalue weighted by Crippen LogP contribution is 2.45. The van der Waals surface area contributed by atoms with Crippen molar-refractivity contribution in [2.24, 2.45) is 5.92 Å². The van der Waals surface area contributed by atoms with Crippen molar-refractivity contribution in [2.75, 3.05) is 13.7 Å². The Morgan fingerprint density at radius 1 is 0.795 bits per heavy atom. The SMILES string of the molecule is COc1ccccc1CNC1C2CCN(C1C(c1ccccc1)c1ccccc1)[C@H](CCc1ccccc1)C2. The number of hydrogen-bond donors (Lipinski definition) is 1. The Bertz CT molecular complexity index is 1270. The Morgan fingerprint density at radius 3 is 2.08 bits per heavy atom. The minimum atomic E-state index is 0.310. The van der Waals surface area contributed by atoms with Gasteiger partial charge in [-0.1, -0.05) is 109 Å². The summed E-state index contributed by atoms with van der Waals surface area (Å²) in [5.74, 6) is 1.93. The molecule has 200 valence electrons. The number of nitrogens with zero attached hydrogens (tertiary/aromatic N) is 1. The van der Waals surface area contributed by atoms with Gasteiger partial charge in [0.15, 0.2) is 0 Å². The van der Waals surface area contributed by atoms with Crippen molar-refractivity contribution < 1.29 is 4.74 Å². The number of para-hydroxylation sites is 1. The van der Waals surface area contributed by atoms with Crippen LogP contribution in [0.4, 0.5) is 0 Å². The maximum Gasteiger partial charge on any atom is 0.123 e. The molecule has 0 radical (unpaired) electrons. The Balaban J connectivity index is 1.34. The lowest BCUT2D eigenvalue weighted by Crippen LogP contribution is -2.67. The van der Waals surface area contributed by atoms with Crippen LogP contribution in [0.2, 0.25) is 0 Å². The molecule has 3 heteroatoms. The predicted octanol–water partition coefficient (Wildman–Crippen LogP) is 7.08. The average molecular weight is 517 g/mol. The molecule has 0 spiro atoms. The Kier molecular flexibility index (Phi) is 8.08. The molecule has 3 nitrogen and oxygen atoms in total. The third-order valence-corrected chi connectivity index (χ3v) is 9.05. The van der Waals surface area contributed by atoms with E-state index >= 15 is 0 Å². The molecular weight excluding hydrogens is 476 g/mol. The van der Waals surface area contributed by atoms with Crippen LogP contribution in [0, 0.1) is 5.92 Å². The van der Waals surface area contributed by atoms with Gasteiger partial charge < -0.3 is 10.1 Å². The average Bonchev–Trinajstić information content (AvgIpc) is 3.01. The first-order chi connectivity index (χ1) is 19.3. The summed E-state index contributed by atoms with van der Waals surface area (Å²) in [7, 11) is 1.77. The van der Waals surface area contributed by atoms with E-state index in [0.717, 1.165) is 18.7 Å². The van der Waals surface area contributed by atoms with Crippen LogP contribution in [0.1, 0.15) is 47.4 Å². The minimum Gasteiger partial charge on any atom is -0.496 e. The van der Waals surface area contributed by atoms with E-state index in [1.807, 2.05) is 0 Å². The lowest BCUT2D eigenvalue weighted by molar-refractivity contribution is -0.0418. The van der Waals surface area contributed by atoms with Crippen LogP contribution >= 0.6 is 0 Å². The molecule has 3 fully saturated rings. The Morgan fingerprint density at radius 2 is 1.41 bits per heavy atom. The zero-order valence-corrected chi connectivity index (χ0v) is 23.0. The molecule has 1 N–H and O–H groups in total. The van der Waals surface area contributed by atoms with E-state index in [1.54, 1.807) is 7.11 Å². The molecule has 4 aromatic rings. The normalized spacial score (nSPS) is 24.1. The van der Waals surface area contributed by atoms with E-state index in [-0.39, 0.29) is 0 Å². The molecule has 0 saturated carbocycles. The zero-order chi connectivity index (χ0) is 26.4. The van der Waals surface area contributed by atoms with E-state index in [9.17, 15) is 0 Å². The molecule has 4 unspecified atom stereocenters. The summed E-state index contributed by atoms with van der Waals surface area (Å²) in [6.45, 7) is 2.00. The number of nitrogens with one attached hydrogen (secondary N) is 1. The van der Waals surface area contributed by atoms with Gasteiger partial charge in [-0.05, 0) is 60.9 Å². The summed E-state index contributed by atoms with van der Waals surface area (Å²) in [4.78, 5) is 2.88. The summed E-state index contributed by atoms with van der Waals surface area (Å²) >= 11 is 0. The molecule has 0 aliphatic carbocycles.